The highest BCUT2D eigenvalue weighted by Crippen LogP contribution is 2.30. The fourth-order valence-corrected chi connectivity index (χ4v) is 3.51. The van der Waals surface area contributed by atoms with Crippen LogP contribution in [-0.4, -0.2) is 33.7 Å². The van der Waals surface area contributed by atoms with Crippen LogP contribution < -0.4 is 10.1 Å². The Bertz CT molecular complexity index is 1250. The van der Waals surface area contributed by atoms with E-state index >= 15 is 0 Å². The number of para-hydroxylation sites is 1. The van der Waals surface area contributed by atoms with E-state index in [4.69, 9.17) is 21.3 Å². The third-order valence-electron chi connectivity index (χ3n) is 5.10. The molecule has 1 amide bonds. The molecule has 30 heavy (non-hydrogen) atoms. The number of carbonyl (C=O) groups excluding carboxylic acids is 1. The molecule has 6 nitrogen and oxygen atoms in total. The number of rotatable bonds is 5. The summed E-state index contributed by atoms with van der Waals surface area (Å²) in [6.07, 6.45) is 2.02. The van der Waals surface area contributed by atoms with Crippen LogP contribution in [0.15, 0.2) is 60.7 Å². The molecule has 0 unspecified atom stereocenters. The molecular formula is C23H19ClN4O2. The summed E-state index contributed by atoms with van der Waals surface area (Å²) < 4.78 is 7.09. The van der Waals surface area contributed by atoms with Gasteiger partial charge in [-0.25, -0.2) is 9.50 Å². The fraction of sp³-hybridized carbons (Fsp3) is 0.174. The molecule has 150 valence electrons. The Balaban J connectivity index is 1.68. The van der Waals surface area contributed by atoms with Crippen LogP contribution in [0.25, 0.3) is 28.2 Å². The van der Waals surface area contributed by atoms with Gasteiger partial charge in [0.15, 0.2) is 5.65 Å². The van der Waals surface area contributed by atoms with Gasteiger partial charge in [0, 0.05) is 28.3 Å². The Morgan fingerprint density at radius 1 is 1.10 bits per heavy atom. The number of benzene rings is 2. The quantitative estimate of drug-likeness (QED) is 0.513. The molecule has 2 aromatic heterocycles. The smallest absolute Gasteiger partial charge is 0.270 e. The summed E-state index contributed by atoms with van der Waals surface area (Å²) in [7, 11) is 1.62. The normalized spacial score (nSPS) is 13.4. The molecule has 2 aromatic carbocycles. The molecule has 1 N–H and O–H groups in total. The zero-order valence-corrected chi connectivity index (χ0v) is 17.1. The van der Waals surface area contributed by atoms with Gasteiger partial charge < -0.3 is 10.1 Å². The minimum absolute atomic E-state index is 0.160. The third-order valence-corrected chi connectivity index (χ3v) is 5.35. The van der Waals surface area contributed by atoms with Gasteiger partial charge in [-0.05, 0) is 43.2 Å². The Morgan fingerprint density at radius 2 is 1.87 bits per heavy atom. The molecule has 0 bridgehead atoms. The predicted octanol–water partition coefficient (Wildman–Crippen LogP) is 4.62. The molecule has 7 heteroatoms. The second kappa shape index (κ2) is 7.46. The first-order valence-electron chi connectivity index (χ1n) is 9.73. The average molecular weight is 419 g/mol. The number of methoxy groups -OCH3 is 1. The number of aromatic nitrogens is 3. The van der Waals surface area contributed by atoms with Crippen molar-refractivity contribution in [3.63, 3.8) is 0 Å². The Hall–Kier alpha value is -3.38. The van der Waals surface area contributed by atoms with Gasteiger partial charge in [-0.2, -0.15) is 5.10 Å². The molecule has 1 fully saturated rings. The standard InChI is InChI=1S/C23H19ClN4O2/c1-30-21-5-3-2-4-17(21)19-12-20(23(29)25-16-10-11-16)28-22(26-19)13-18(27-28)14-6-8-15(24)9-7-14/h2-9,12-13,16H,10-11H2,1H3,(H,25,29). The van der Waals surface area contributed by atoms with E-state index in [0.29, 0.717) is 27.8 Å². The fourth-order valence-electron chi connectivity index (χ4n) is 3.38. The summed E-state index contributed by atoms with van der Waals surface area (Å²) in [4.78, 5) is 17.8. The van der Waals surface area contributed by atoms with E-state index in [1.54, 1.807) is 17.7 Å². The number of amides is 1. The van der Waals surface area contributed by atoms with E-state index in [2.05, 4.69) is 10.4 Å². The summed E-state index contributed by atoms with van der Waals surface area (Å²) in [5, 5.41) is 8.36. The topological polar surface area (TPSA) is 68.5 Å². The first-order valence-corrected chi connectivity index (χ1v) is 10.1. The number of ether oxygens (including phenoxy) is 1. The minimum atomic E-state index is -0.160. The molecule has 2 heterocycles. The number of hydrogen-bond acceptors (Lipinski definition) is 4. The maximum absolute atomic E-state index is 13.0. The van der Waals surface area contributed by atoms with E-state index in [-0.39, 0.29) is 11.9 Å². The highest BCUT2D eigenvalue weighted by molar-refractivity contribution is 6.30. The highest BCUT2D eigenvalue weighted by Gasteiger charge is 2.26. The number of nitrogens with zero attached hydrogens (tertiary/aromatic N) is 3. The van der Waals surface area contributed by atoms with Crippen LogP contribution in [0.3, 0.4) is 0 Å². The first-order chi connectivity index (χ1) is 14.6. The Morgan fingerprint density at radius 3 is 2.60 bits per heavy atom. The summed E-state index contributed by atoms with van der Waals surface area (Å²) in [5.41, 5.74) is 4.12. The number of hydrogen-bond donors (Lipinski definition) is 1. The SMILES string of the molecule is COc1ccccc1-c1cc(C(=O)NC2CC2)n2nc(-c3ccc(Cl)cc3)cc2n1. The number of halogens is 1. The number of fused-ring (bicyclic) bond motifs is 1. The van der Waals surface area contributed by atoms with Crippen LogP contribution in [0.5, 0.6) is 5.75 Å². The zero-order chi connectivity index (χ0) is 20.7. The van der Waals surface area contributed by atoms with Crippen LogP contribution in [0.4, 0.5) is 0 Å². The van der Waals surface area contributed by atoms with Gasteiger partial charge in [0.25, 0.3) is 5.91 Å². The summed E-state index contributed by atoms with van der Waals surface area (Å²) in [6, 6.07) is 18.9. The van der Waals surface area contributed by atoms with E-state index in [0.717, 1.165) is 29.7 Å². The van der Waals surface area contributed by atoms with Crippen LogP contribution in [0.2, 0.25) is 5.02 Å². The lowest BCUT2D eigenvalue weighted by atomic mass is 10.1. The van der Waals surface area contributed by atoms with Crippen molar-refractivity contribution in [2.24, 2.45) is 0 Å². The molecule has 5 rings (SSSR count). The summed E-state index contributed by atoms with van der Waals surface area (Å²) in [6.45, 7) is 0. The van der Waals surface area contributed by atoms with Crippen molar-refractivity contribution in [1.82, 2.24) is 19.9 Å². The molecule has 0 spiro atoms. The third kappa shape index (κ3) is 3.50. The molecule has 1 aliphatic carbocycles. The van der Waals surface area contributed by atoms with Crippen molar-refractivity contribution in [2.75, 3.05) is 7.11 Å². The molecule has 1 saturated carbocycles. The van der Waals surface area contributed by atoms with Gasteiger partial charge in [-0.3, -0.25) is 4.79 Å². The second-order valence-electron chi connectivity index (χ2n) is 7.28. The van der Waals surface area contributed by atoms with E-state index < -0.39 is 0 Å². The Kier molecular flexibility index (Phi) is 4.64. The van der Waals surface area contributed by atoms with Crippen LogP contribution in [0.1, 0.15) is 23.3 Å². The molecular weight excluding hydrogens is 400 g/mol. The van der Waals surface area contributed by atoms with Gasteiger partial charge >= 0.3 is 0 Å². The molecule has 0 radical (unpaired) electrons. The molecule has 4 aromatic rings. The largest absolute Gasteiger partial charge is 0.496 e. The van der Waals surface area contributed by atoms with E-state index in [1.807, 2.05) is 54.6 Å². The monoisotopic (exact) mass is 418 g/mol. The minimum Gasteiger partial charge on any atom is -0.496 e. The summed E-state index contributed by atoms with van der Waals surface area (Å²) in [5.74, 6) is 0.534. The van der Waals surface area contributed by atoms with E-state index in [9.17, 15) is 4.79 Å². The summed E-state index contributed by atoms with van der Waals surface area (Å²) >= 11 is 6.01. The van der Waals surface area contributed by atoms with Gasteiger partial charge in [-0.1, -0.05) is 35.9 Å². The maximum Gasteiger partial charge on any atom is 0.270 e. The lowest BCUT2D eigenvalue weighted by Crippen LogP contribution is -2.27. The molecule has 0 atom stereocenters. The lowest BCUT2D eigenvalue weighted by Gasteiger charge is -2.11. The molecule has 1 aliphatic rings. The van der Waals surface area contributed by atoms with Crippen molar-refractivity contribution >= 4 is 23.2 Å². The van der Waals surface area contributed by atoms with Crippen molar-refractivity contribution in [3.8, 4) is 28.3 Å². The second-order valence-corrected chi connectivity index (χ2v) is 7.72. The number of carbonyl (C=O) groups is 1. The lowest BCUT2D eigenvalue weighted by molar-refractivity contribution is 0.0943. The zero-order valence-electron chi connectivity index (χ0n) is 16.3. The van der Waals surface area contributed by atoms with Gasteiger partial charge in [0.1, 0.15) is 11.4 Å². The van der Waals surface area contributed by atoms with Gasteiger partial charge in [0.05, 0.1) is 18.5 Å². The van der Waals surface area contributed by atoms with Gasteiger partial charge in [-0.15, -0.1) is 0 Å². The predicted molar refractivity (Wildman–Crippen MR) is 116 cm³/mol. The average Bonchev–Trinajstić information content (AvgIpc) is 3.48. The maximum atomic E-state index is 13.0. The van der Waals surface area contributed by atoms with Crippen LogP contribution in [-0.2, 0) is 0 Å². The molecule has 0 saturated heterocycles. The highest BCUT2D eigenvalue weighted by atomic mass is 35.5. The van der Waals surface area contributed by atoms with Crippen molar-refractivity contribution in [1.29, 1.82) is 0 Å². The van der Waals surface area contributed by atoms with Crippen LogP contribution >= 0.6 is 11.6 Å². The van der Waals surface area contributed by atoms with Crippen molar-refractivity contribution < 1.29 is 9.53 Å². The Labute approximate surface area is 178 Å². The van der Waals surface area contributed by atoms with Crippen molar-refractivity contribution in [2.45, 2.75) is 18.9 Å². The van der Waals surface area contributed by atoms with E-state index in [1.165, 1.54) is 0 Å². The van der Waals surface area contributed by atoms with Gasteiger partial charge in [0.2, 0.25) is 0 Å². The number of nitrogens with one attached hydrogen (secondary N) is 1. The van der Waals surface area contributed by atoms with Crippen molar-refractivity contribution in [3.05, 3.63) is 71.4 Å². The van der Waals surface area contributed by atoms with Crippen LogP contribution in [0, 0.1) is 0 Å². The first kappa shape index (κ1) is 18.6. The molecule has 0 aliphatic heterocycles.